The van der Waals surface area contributed by atoms with Crippen molar-refractivity contribution in [1.29, 1.82) is 0 Å². The first-order valence-electron chi connectivity index (χ1n) is 17.8. The van der Waals surface area contributed by atoms with Crippen LogP contribution in [0.2, 0.25) is 0 Å². The SMILES string of the molecule is CCC[N+]1=Cc2cc(C)ccc2NC(=O)C1.CC[N+](C)(C)C.C[N+]1=C(c2ccc([N+](=O)[O-])cc2)c2ccccc2N(CC[N+](C)(C)C)C(=O)CC1. The number of nitrogens with one attached hydrogen (secondary N) is 1. The Kier molecular flexibility index (Phi) is 14.3. The van der Waals surface area contributed by atoms with Gasteiger partial charge in [0, 0.05) is 24.1 Å². The van der Waals surface area contributed by atoms with Gasteiger partial charge in [-0.05, 0) is 50.2 Å². The van der Waals surface area contributed by atoms with E-state index in [2.05, 4.69) is 89.8 Å². The lowest BCUT2D eigenvalue weighted by molar-refractivity contribution is -0.868. The number of likely N-dealkylation sites (N-methyl/N-ethyl adjacent to an activating group) is 1. The van der Waals surface area contributed by atoms with E-state index in [1.165, 1.54) is 24.2 Å². The van der Waals surface area contributed by atoms with Gasteiger partial charge < -0.3 is 19.2 Å². The molecule has 3 aromatic rings. The van der Waals surface area contributed by atoms with Crippen molar-refractivity contribution in [3.05, 3.63) is 99.1 Å². The van der Waals surface area contributed by atoms with Gasteiger partial charge in [0.1, 0.15) is 13.6 Å². The number of quaternary nitrogens is 2. The number of fused-ring (bicyclic) bond motifs is 2. The van der Waals surface area contributed by atoms with E-state index < -0.39 is 4.92 Å². The van der Waals surface area contributed by atoms with Gasteiger partial charge in [-0.3, -0.25) is 19.7 Å². The average molecular weight is 702 g/mol. The minimum Gasteiger partial charge on any atom is -0.331 e. The number of anilines is 2. The van der Waals surface area contributed by atoms with Gasteiger partial charge in [0.25, 0.3) is 11.6 Å². The number of amides is 2. The molecule has 11 nitrogen and oxygen atoms in total. The standard InChI is InChI=1S/C22H28N4O3.C13H16N2O.C5H14N/c1-23-14-13-21(27)24(15-16-26(2,3)4)20-8-6-5-7-19(20)22(23)17-9-11-18(12-10-17)25(28)29;1-3-6-15-8-11-7-10(2)4-5-12(11)14-13(16)9-15;1-5-6(2,3)4/h5-12H,13-16H2,1-4H3;4-5,7-8H,3,6,9H2,1-2H3;5H2,1-4H3/q+2;;+1/p+1. The van der Waals surface area contributed by atoms with Crippen LogP contribution in [0.4, 0.5) is 17.1 Å². The van der Waals surface area contributed by atoms with Gasteiger partial charge >= 0.3 is 0 Å². The molecule has 2 aliphatic heterocycles. The lowest BCUT2D eigenvalue weighted by Gasteiger charge is -2.31. The van der Waals surface area contributed by atoms with E-state index >= 15 is 0 Å². The maximum atomic E-state index is 13.0. The molecule has 2 heterocycles. The van der Waals surface area contributed by atoms with Crippen LogP contribution in [0.1, 0.15) is 48.9 Å². The fraction of sp³-hybridized carbons (Fsp3) is 0.450. The molecule has 3 aromatic carbocycles. The zero-order chi connectivity index (χ0) is 37.9. The van der Waals surface area contributed by atoms with Crippen molar-refractivity contribution in [3.63, 3.8) is 0 Å². The predicted molar refractivity (Wildman–Crippen MR) is 208 cm³/mol. The molecule has 0 bridgehead atoms. The van der Waals surface area contributed by atoms with Crippen LogP contribution in [0.3, 0.4) is 0 Å². The number of nitrogens with zero attached hydrogens (tertiary/aromatic N) is 6. The number of benzodiazepines with no additional fused rings is 1. The summed E-state index contributed by atoms with van der Waals surface area (Å²) >= 11 is 0. The lowest BCUT2D eigenvalue weighted by atomic mass is 9.97. The number of aryl methyl sites for hydroxylation is 1. The highest BCUT2D eigenvalue weighted by Gasteiger charge is 2.30. The summed E-state index contributed by atoms with van der Waals surface area (Å²) in [6, 6.07) is 20.6. The summed E-state index contributed by atoms with van der Waals surface area (Å²) in [4.78, 5) is 37.1. The topological polar surface area (TPSA) is 98.6 Å². The van der Waals surface area contributed by atoms with Crippen LogP contribution in [0.5, 0.6) is 0 Å². The minimum absolute atomic E-state index is 0.0623. The third-order valence-corrected chi connectivity index (χ3v) is 8.75. The largest absolute Gasteiger partial charge is 0.331 e. The highest BCUT2D eigenvalue weighted by atomic mass is 16.6. The zero-order valence-electron chi connectivity index (χ0n) is 32.4. The lowest BCUT2D eigenvalue weighted by Crippen LogP contribution is -2.45. The Hall–Kier alpha value is -4.74. The Morgan fingerprint density at radius 3 is 2.16 bits per heavy atom. The smallest absolute Gasteiger partial charge is 0.289 e. The highest BCUT2D eigenvalue weighted by molar-refractivity contribution is 6.15. The molecule has 0 aliphatic carbocycles. The van der Waals surface area contributed by atoms with Crippen LogP contribution in [-0.4, -0.2) is 135 Å². The number of nitro groups is 1. The second kappa shape index (κ2) is 18.0. The van der Waals surface area contributed by atoms with Crippen LogP contribution in [0, 0.1) is 17.0 Å². The highest BCUT2D eigenvalue weighted by Crippen LogP contribution is 2.27. The average Bonchev–Trinajstić information content (AvgIpc) is 3.21. The van der Waals surface area contributed by atoms with Gasteiger partial charge in [0.2, 0.25) is 18.2 Å². The number of non-ortho nitro benzene ring substituents is 1. The molecule has 2 amide bonds. The molecule has 274 valence electrons. The Balaban J connectivity index is 0.000000266. The molecular formula is C40H59N7O4+4. The second-order valence-corrected chi connectivity index (χ2v) is 15.2. The van der Waals surface area contributed by atoms with Crippen molar-refractivity contribution in [2.45, 2.75) is 33.6 Å². The van der Waals surface area contributed by atoms with E-state index in [4.69, 9.17) is 0 Å². The molecule has 0 unspecified atom stereocenters. The maximum Gasteiger partial charge on any atom is 0.289 e. The van der Waals surface area contributed by atoms with Gasteiger partial charge in [-0.15, -0.1) is 0 Å². The molecule has 0 saturated carbocycles. The number of rotatable bonds is 8. The molecule has 0 radical (unpaired) electrons. The summed E-state index contributed by atoms with van der Waals surface area (Å²) in [6.07, 6.45) is 3.53. The van der Waals surface area contributed by atoms with E-state index in [0.717, 1.165) is 62.3 Å². The van der Waals surface area contributed by atoms with E-state index in [1.807, 2.05) is 48.3 Å². The van der Waals surface area contributed by atoms with Crippen LogP contribution < -0.4 is 10.2 Å². The summed E-state index contributed by atoms with van der Waals surface area (Å²) in [6.45, 7) is 11.0. The van der Waals surface area contributed by atoms with Gasteiger partial charge in [0.15, 0.2) is 12.8 Å². The van der Waals surface area contributed by atoms with Crippen molar-refractivity contribution in [1.82, 2.24) is 0 Å². The quantitative estimate of drug-likeness (QED) is 0.155. The van der Waals surface area contributed by atoms with Crippen molar-refractivity contribution in [3.8, 4) is 0 Å². The molecule has 2 aliphatic rings. The van der Waals surface area contributed by atoms with Gasteiger partial charge in [0.05, 0.1) is 95.8 Å². The van der Waals surface area contributed by atoms with Crippen LogP contribution in [0.15, 0.2) is 66.7 Å². The number of nitro benzene ring substituents is 1. The molecular weight excluding hydrogens is 642 g/mol. The zero-order valence-corrected chi connectivity index (χ0v) is 32.4. The van der Waals surface area contributed by atoms with Crippen molar-refractivity contribution >= 4 is 40.8 Å². The monoisotopic (exact) mass is 701 g/mol. The fourth-order valence-electron chi connectivity index (χ4n) is 5.47. The fourth-order valence-corrected chi connectivity index (χ4v) is 5.47. The van der Waals surface area contributed by atoms with Crippen LogP contribution >= 0.6 is 0 Å². The van der Waals surface area contributed by atoms with E-state index in [-0.39, 0.29) is 17.5 Å². The predicted octanol–water partition coefficient (Wildman–Crippen LogP) is 5.02. The van der Waals surface area contributed by atoms with Crippen LogP contribution in [-0.2, 0) is 9.59 Å². The van der Waals surface area contributed by atoms with Crippen molar-refractivity contribution in [2.75, 3.05) is 98.8 Å². The normalized spacial score (nSPS) is 14.6. The summed E-state index contributed by atoms with van der Waals surface area (Å²) in [5.74, 6) is 0.174. The number of hydrogen-bond donors (Lipinski definition) is 1. The Bertz CT molecular complexity index is 1750. The Morgan fingerprint density at radius 1 is 0.922 bits per heavy atom. The molecule has 0 spiro atoms. The first kappa shape index (κ1) is 40.7. The minimum atomic E-state index is -0.393. The number of hydrogen-bond acceptors (Lipinski definition) is 4. The third kappa shape index (κ3) is 12.5. The van der Waals surface area contributed by atoms with Crippen LogP contribution in [0.25, 0.3) is 0 Å². The molecule has 0 aromatic heterocycles. The summed E-state index contributed by atoms with van der Waals surface area (Å²) < 4.78 is 5.97. The molecule has 0 atom stereocenters. The summed E-state index contributed by atoms with van der Waals surface area (Å²) in [7, 11) is 14.8. The van der Waals surface area contributed by atoms with E-state index in [9.17, 15) is 19.7 Å². The number of para-hydroxylation sites is 1. The molecule has 0 saturated heterocycles. The van der Waals surface area contributed by atoms with Gasteiger partial charge in [-0.25, -0.2) is 9.15 Å². The second-order valence-electron chi connectivity index (χ2n) is 15.2. The molecule has 51 heavy (non-hydrogen) atoms. The third-order valence-electron chi connectivity index (χ3n) is 8.75. The molecule has 0 fully saturated rings. The number of carbonyl (C=O) groups excluding carboxylic acids is 2. The summed E-state index contributed by atoms with van der Waals surface area (Å²) in [5, 5.41) is 14.0. The van der Waals surface area contributed by atoms with E-state index in [1.54, 1.807) is 12.1 Å². The molecule has 1 N–H and O–H groups in total. The number of benzene rings is 3. The molecule has 5 rings (SSSR count). The first-order valence-corrected chi connectivity index (χ1v) is 17.8. The molecule has 11 heteroatoms. The van der Waals surface area contributed by atoms with Crippen molar-refractivity contribution < 1.29 is 32.6 Å². The number of carbonyl (C=O) groups is 2. The van der Waals surface area contributed by atoms with Gasteiger partial charge in [-0.1, -0.05) is 30.7 Å². The summed E-state index contributed by atoms with van der Waals surface area (Å²) in [5.41, 5.74) is 6.99. The van der Waals surface area contributed by atoms with Crippen molar-refractivity contribution in [2.24, 2.45) is 0 Å². The first-order chi connectivity index (χ1) is 23.9. The maximum absolute atomic E-state index is 13.0. The van der Waals surface area contributed by atoms with Gasteiger partial charge in [-0.2, -0.15) is 0 Å². The Morgan fingerprint density at radius 2 is 1.57 bits per heavy atom. The van der Waals surface area contributed by atoms with E-state index in [0.29, 0.717) is 26.1 Å². The Labute approximate surface area is 304 Å².